The van der Waals surface area contributed by atoms with Crippen molar-refractivity contribution >= 4 is 33.5 Å². The van der Waals surface area contributed by atoms with Crippen molar-refractivity contribution in [2.24, 2.45) is 5.92 Å². The van der Waals surface area contributed by atoms with Crippen LogP contribution < -0.4 is 11.1 Å². The number of carboxylic acids is 1. The minimum Gasteiger partial charge on any atom is -0.480 e. The van der Waals surface area contributed by atoms with Crippen LogP contribution in [0.25, 0.3) is 0 Å². The molecule has 0 spiro atoms. The molecule has 1 amide bonds. The molecule has 0 aromatic heterocycles. The Kier molecular flexibility index (Phi) is 4.72. The van der Waals surface area contributed by atoms with Crippen molar-refractivity contribution in [2.45, 2.75) is 19.9 Å². The highest BCUT2D eigenvalue weighted by molar-refractivity contribution is 9.10. The summed E-state index contributed by atoms with van der Waals surface area (Å²) in [6.07, 6.45) is 0. The van der Waals surface area contributed by atoms with Crippen LogP contribution in [0.1, 0.15) is 24.2 Å². The van der Waals surface area contributed by atoms with E-state index in [0.29, 0.717) is 5.69 Å². The maximum Gasteiger partial charge on any atom is 0.326 e. The third kappa shape index (κ3) is 3.46. The summed E-state index contributed by atoms with van der Waals surface area (Å²) < 4.78 is 0.759. The van der Waals surface area contributed by atoms with E-state index in [4.69, 9.17) is 10.8 Å². The van der Waals surface area contributed by atoms with Gasteiger partial charge >= 0.3 is 5.97 Å². The van der Waals surface area contributed by atoms with Crippen molar-refractivity contribution in [3.8, 4) is 0 Å². The van der Waals surface area contributed by atoms with Crippen LogP contribution in [0, 0.1) is 5.92 Å². The van der Waals surface area contributed by atoms with E-state index in [1.165, 1.54) is 0 Å². The maximum atomic E-state index is 11.9. The van der Waals surface area contributed by atoms with Gasteiger partial charge in [-0.3, -0.25) is 4.79 Å². The van der Waals surface area contributed by atoms with Crippen molar-refractivity contribution in [1.29, 1.82) is 0 Å². The number of nitrogen functional groups attached to an aromatic ring is 1. The van der Waals surface area contributed by atoms with Crippen molar-refractivity contribution in [3.63, 3.8) is 0 Å². The van der Waals surface area contributed by atoms with Crippen molar-refractivity contribution in [3.05, 3.63) is 28.2 Å². The van der Waals surface area contributed by atoms with Gasteiger partial charge in [0.2, 0.25) is 0 Å². The molecule has 0 aliphatic carbocycles. The summed E-state index contributed by atoms with van der Waals surface area (Å²) in [5.74, 6) is -1.75. The van der Waals surface area contributed by atoms with Gasteiger partial charge in [0.25, 0.3) is 5.91 Å². The number of benzene rings is 1. The summed E-state index contributed by atoms with van der Waals surface area (Å²) in [7, 11) is 0. The van der Waals surface area contributed by atoms with Gasteiger partial charge in [0.05, 0.1) is 5.56 Å². The number of nitrogens with two attached hydrogens (primary N) is 1. The zero-order chi connectivity index (χ0) is 13.9. The molecule has 0 saturated heterocycles. The summed E-state index contributed by atoms with van der Waals surface area (Å²) in [5.41, 5.74) is 6.28. The quantitative estimate of drug-likeness (QED) is 0.740. The number of hydrogen-bond acceptors (Lipinski definition) is 3. The second-order valence-electron chi connectivity index (χ2n) is 4.26. The lowest BCUT2D eigenvalue weighted by Crippen LogP contribution is -2.44. The summed E-state index contributed by atoms with van der Waals surface area (Å²) in [6, 6.07) is 3.89. The molecule has 0 heterocycles. The van der Waals surface area contributed by atoms with E-state index in [1.807, 2.05) is 0 Å². The van der Waals surface area contributed by atoms with Gasteiger partial charge < -0.3 is 16.2 Å². The highest BCUT2D eigenvalue weighted by Gasteiger charge is 2.24. The number of carboxylic acid groups (broad SMARTS) is 1. The first-order valence-corrected chi connectivity index (χ1v) is 6.21. The largest absolute Gasteiger partial charge is 0.480 e. The Morgan fingerprint density at radius 2 is 2.00 bits per heavy atom. The molecule has 1 aromatic rings. The highest BCUT2D eigenvalue weighted by atomic mass is 79.9. The smallest absolute Gasteiger partial charge is 0.326 e. The Hall–Kier alpha value is -1.56. The monoisotopic (exact) mass is 314 g/mol. The third-order valence-electron chi connectivity index (χ3n) is 2.48. The second kappa shape index (κ2) is 5.86. The first-order chi connectivity index (χ1) is 8.32. The molecule has 0 bridgehead atoms. The first-order valence-electron chi connectivity index (χ1n) is 5.41. The lowest BCUT2D eigenvalue weighted by Gasteiger charge is -2.18. The summed E-state index contributed by atoms with van der Waals surface area (Å²) >= 11 is 3.24. The average molecular weight is 315 g/mol. The van der Waals surface area contributed by atoms with Gasteiger partial charge in [0.15, 0.2) is 0 Å². The lowest BCUT2D eigenvalue weighted by atomic mass is 10.0. The molecular formula is C12H15BrN2O3. The third-order valence-corrected chi connectivity index (χ3v) is 2.97. The van der Waals surface area contributed by atoms with E-state index in [2.05, 4.69) is 21.2 Å². The number of amides is 1. The topological polar surface area (TPSA) is 92.4 Å². The Bertz CT molecular complexity index is 474. The molecule has 5 nitrogen and oxygen atoms in total. The lowest BCUT2D eigenvalue weighted by molar-refractivity contribution is -0.140. The molecule has 0 aliphatic rings. The molecule has 1 aromatic carbocycles. The molecule has 1 atom stereocenters. The molecule has 0 radical (unpaired) electrons. The van der Waals surface area contributed by atoms with E-state index in [9.17, 15) is 9.59 Å². The number of nitrogens with one attached hydrogen (secondary N) is 1. The summed E-state index contributed by atoms with van der Waals surface area (Å²) in [4.78, 5) is 22.9. The molecule has 1 rings (SSSR count). The number of carbonyl (C=O) groups excluding carboxylic acids is 1. The van der Waals surface area contributed by atoms with E-state index < -0.39 is 17.9 Å². The van der Waals surface area contributed by atoms with Crippen LogP contribution in [-0.2, 0) is 4.79 Å². The number of hydrogen-bond donors (Lipinski definition) is 3. The molecule has 18 heavy (non-hydrogen) atoms. The number of aliphatic carboxylic acids is 1. The van der Waals surface area contributed by atoms with E-state index in [0.717, 1.165) is 4.47 Å². The van der Waals surface area contributed by atoms with Gasteiger partial charge in [0, 0.05) is 10.2 Å². The van der Waals surface area contributed by atoms with Gasteiger partial charge in [-0.25, -0.2) is 4.79 Å². The number of halogens is 1. The van der Waals surface area contributed by atoms with Crippen LogP contribution in [-0.4, -0.2) is 23.0 Å². The zero-order valence-corrected chi connectivity index (χ0v) is 11.7. The molecule has 0 unspecified atom stereocenters. The van der Waals surface area contributed by atoms with Gasteiger partial charge in [0.1, 0.15) is 6.04 Å². The van der Waals surface area contributed by atoms with Gasteiger partial charge in [-0.05, 0) is 24.1 Å². The Morgan fingerprint density at radius 1 is 1.39 bits per heavy atom. The molecule has 0 aliphatic heterocycles. The Balaban J connectivity index is 2.91. The van der Waals surface area contributed by atoms with Crippen LogP contribution >= 0.6 is 15.9 Å². The fraction of sp³-hybridized carbons (Fsp3) is 0.333. The van der Waals surface area contributed by atoms with Crippen molar-refractivity contribution in [1.82, 2.24) is 5.32 Å². The number of carbonyl (C=O) groups is 2. The SMILES string of the molecule is CC(C)[C@H](NC(=O)c1ccc(Br)cc1N)C(=O)O. The van der Waals surface area contributed by atoms with E-state index >= 15 is 0 Å². The van der Waals surface area contributed by atoms with Crippen molar-refractivity contribution < 1.29 is 14.7 Å². The predicted octanol–water partition coefficient (Wildman–Crippen LogP) is 1.87. The van der Waals surface area contributed by atoms with Gasteiger partial charge in [-0.1, -0.05) is 29.8 Å². The molecule has 4 N–H and O–H groups in total. The predicted molar refractivity (Wildman–Crippen MR) is 72.3 cm³/mol. The highest BCUT2D eigenvalue weighted by Crippen LogP contribution is 2.18. The van der Waals surface area contributed by atoms with Crippen molar-refractivity contribution in [2.75, 3.05) is 5.73 Å². The summed E-state index contributed by atoms with van der Waals surface area (Å²) in [6.45, 7) is 3.45. The first kappa shape index (κ1) is 14.5. The maximum absolute atomic E-state index is 11.9. The average Bonchev–Trinajstić information content (AvgIpc) is 2.24. The van der Waals surface area contributed by atoms with Crippen LogP contribution in [0.2, 0.25) is 0 Å². The fourth-order valence-electron chi connectivity index (χ4n) is 1.47. The van der Waals surface area contributed by atoms with Crippen LogP contribution in [0.4, 0.5) is 5.69 Å². The molecule has 0 saturated carbocycles. The minimum atomic E-state index is -1.06. The molecule has 0 fully saturated rings. The number of rotatable bonds is 4. The van der Waals surface area contributed by atoms with Gasteiger partial charge in [-0.2, -0.15) is 0 Å². The van der Waals surface area contributed by atoms with Crippen LogP contribution in [0.3, 0.4) is 0 Å². The zero-order valence-electron chi connectivity index (χ0n) is 10.1. The van der Waals surface area contributed by atoms with E-state index in [-0.39, 0.29) is 11.5 Å². The Morgan fingerprint density at radius 3 is 2.44 bits per heavy atom. The number of anilines is 1. The normalized spacial score (nSPS) is 12.2. The van der Waals surface area contributed by atoms with Crippen LogP contribution in [0.15, 0.2) is 22.7 Å². The van der Waals surface area contributed by atoms with E-state index in [1.54, 1.807) is 32.0 Å². The molecule has 98 valence electrons. The summed E-state index contributed by atoms with van der Waals surface area (Å²) in [5, 5.41) is 11.5. The molecular weight excluding hydrogens is 300 g/mol. The minimum absolute atomic E-state index is 0.205. The Labute approximate surface area is 113 Å². The molecule has 6 heteroatoms. The van der Waals surface area contributed by atoms with Gasteiger partial charge in [-0.15, -0.1) is 0 Å². The fourth-order valence-corrected chi connectivity index (χ4v) is 1.85. The standard InChI is InChI=1S/C12H15BrN2O3/c1-6(2)10(12(17)18)15-11(16)8-4-3-7(13)5-9(8)14/h3-6,10H,14H2,1-2H3,(H,15,16)(H,17,18)/t10-/m0/s1. The second-order valence-corrected chi connectivity index (χ2v) is 5.18. The van der Waals surface area contributed by atoms with Crippen LogP contribution in [0.5, 0.6) is 0 Å².